The van der Waals surface area contributed by atoms with Gasteiger partial charge >= 0.3 is 0 Å². The Morgan fingerprint density at radius 2 is 1.93 bits per heavy atom. The highest BCUT2D eigenvalue weighted by molar-refractivity contribution is 6.34. The molecule has 10 heteroatoms. The Morgan fingerprint density at radius 3 is 2.63 bits per heavy atom. The predicted molar refractivity (Wildman–Crippen MR) is 173 cm³/mol. The molecule has 0 unspecified atom stereocenters. The van der Waals surface area contributed by atoms with E-state index >= 15 is 0 Å². The number of allylic oxidation sites excluding steroid dienone is 2. The maximum atomic E-state index is 13.0. The fraction of sp³-hybridized carbons (Fsp3) is 0.485. The molecule has 0 spiro atoms. The summed E-state index contributed by atoms with van der Waals surface area (Å²) in [5.74, 6) is 1.49. The van der Waals surface area contributed by atoms with E-state index in [4.69, 9.17) is 32.2 Å². The summed E-state index contributed by atoms with van der Waals surface area (Å²) >= 11 is 6.79. The normalized spacial score (nSPS) is 15.9. The summed E-state index contributed by atoms with van der Waals surface area (Å²) in [6.45, 7) is 9.37. The van der Waals surface area contributed by atoms with Crippen LogP contribution in [0, 0.1) is 12.8 Å². The minimum absolute atomic E-state index is 0.177. The number of amides is 1. The van der Waals surface area contributed by atoms with Crippen LogP contribution >= 0.6 is 11.6 Å². The van der Waals surface area contributed by atoms with Gasteiger partial charge in [0.05, 0.1) is 27.9 Å². The number of anilines is 1. The highest BCUT2D eigenvalue weighted by Crippen LogP contribution is 2.38. The van der Waals surface area contributed by atoms with Gasteiger partial charge in [0.2, 0.25) is 0 Å². The fourth-order valence-electron chi connectivity index (χ4n) is 6.03. The van der Waals surface area contributed by atoms with Gasteiger partial charge in [0.25, 0.3) is 5.91 Å². The Hall–Kier alpha value is -3.56. The number of carbonyl (C=O) groups excluding carboxylic acids is 1. The lowest BCUT2D eigenvalue weighted by molar-refractivity contribution is 0.0818. The van der Waals surface area contributed by atoms with E-state index in [1.807, 2.05) is 13.8 Å². The number of fused-ring (bicyclic) bond motifs is 2. The molecule has 1 aliphatic heterocycles. The summed E-state index contributed by atoms with van der Waals surface area (Å²) in [7, 11) is 1.80. The van der Waals surface area contributed by atoms with Crippen molar-refractivity contribution < 1.29 is 9.53 Å². The zero-order chi connectivity index (χ0) is 30.2. The van der Waals surface area contributed by atoms with Crippen molar-refractivity contribution in [2.24, 2.45) is 11.7 Å². The molecule has 0 radical (unpaired) electrons. The first kappa shape index (κ1) is 29.5. The van der Waals surface area contributed by atoms with Crippen molar-refractivity contribution in [2.45, 2.75) is 71.9 Å². The molecule has 0 atom stereocenters. The average Bonchev–Trinajstić information content (AvgIpc) is 3.67. The summed E-state index contributed by atoms with van der Waals surface area (Å²) < 4.78 is 9.66. The maximum Gasteiger partial charge on any atom is 0.252 e. The molecule has 0 aromatic carbocycles. The number of nitrogens with two attached hydrogens (primary N) is 1. The molecule has 4 aromatic heterocycles. The van der Waals surface area contributed by atoms with E-state index in [0.717, 1.165) is 95.9 Å². The van der Waals surface area contributed by atoms with E-state index in [9.17, 15) is 4.79 Å². The second kappa shape index (κ2) is 12.2. The number of hydrogen-bond donors (Lipinski definition) is 2. The number of aromatic nitrogens is 4. The van der Waals surface area contributed by atoms with Gasteiger partial charge in [-0.25, -0.2) is 9.50 Å². The standard InChI is InChI=1S/C33H42ClN7O2/c1-20(2)27(35)6-5-13-36-33(42)24-16-26(34)31-21(3)30(38-41(31)19-24)28-17-23-9-10-29(39-14-11-25(43-4)12-15-39)37-32(23)40(28)18-22-7-8-22/h9-10,16-17,19,22,25H,5-8,11-15,18,35H2,1-4H3,(H,36,42). The van der Waals surface area contributed by atoms with Crippen LogP contribution < -0.4 is 16.0 Å². The summed E-state index contributed by atoms with van der Waals surface area (Å²) in [5.41, 5.74) is 13.2. The lowest BCUT2D eigenvalue weighted by Crippen LogP contribution is -2.37. The molecule has 1 aliphatic carbocycles. The van der Waals surface area contributed by atoms with E-state index in [0.29, 0.717) is 29.2 Å². The van der Waals surface area contributed by atoms with Gasteiger partial charge in [0, 0.05) is 56.1 Å². The first-order valence-electron chi connectivity index (χ1n) is 15.4. The molecular formula is C33H42ClN7O2. The molecule has 0 bridgehead atoms. The van der Waals surface area contributed by atoms with E-state index in [-0.39, 0.29) is 5.91 Å². The van der Waals surface area contributed by atoms with Gasteiger partial charge in [0.1, 0.15) is 17.2 Å². The van der Waals surface area contributed by atoms with Crippen molar-refractivity contribution >= 4 is 39.9 Å². The number of piperidine rings is 1. The Bertz CT molecular complexity index is 1690. The molecule has 5 heterocycles. The number of nitrogens with zero attached hydrogens (tertiary/aromatic N) is 5. The monoisotopic (exact) mass is 603 g/mol. The quantitative estimate of drug-likeness (QED) is 0.212. The van der Waals surface area contributed by atoms with E-state index in [1.165, 1.54) is 12.8 Å². The number of aryl methyl sites for hydroxylation is 1. The fourth-order valence-corrected chi connectivity index (χ4v) is 6.37. The van der Waals surface area contributed by atoms with Gasteiger partial charge in [-0.3, -0.25) is 4.79 Å². The van der Waals surface area contributed by atoms with Gasteiger partial charge < -0.3 is 25.3 Å². The molecule has 2 fully saturated rings. The Balaban J connectivity index is 1.31. The second-order valence-corrected chi connectivity index (χ2v) is 12.7. The van der Waals surface area contributed by atoms with Crippen LogP contribution in [0.4, 0.5) is 5.82 Å². The van der Waals surface area contributed by atoms with Crippen molar-refractivity contribution in [3.05, 3.63) is 57.9 Å². The van der Waals surface area contributed by atoms with Crippen molar-refractivity contribution in [1.29, 1.82) is 0 Å². The lowest BCUT2D eigenvalue weighted by atomic mass is 10.1. The Labute approximate surface area is 258 Å². The van der Waals surface area contributed by atoms with E-state index in [1.54, 1.807) is 23.9 Å². The number of hydrogen-bond acceptors (Lipinski definition) is 6. The van der Waals surface area contributed by atoms with Gasteiger partial charge in [-0.2, -0.15) is 5.10 Å². The predicted octanol–water partition coefficient (Wildman–Crippen LogP) is 6.10. The largest absolute Gasteiger partial charge is 0.402 e. The molecule has 1 amide bonds. The molecule has 43 heavy (non-hydrogen) atoms. The summed E-state index contributed by atoms with van der Waals surface area (Å²) in [6, 6.07) is 8.24. The SMILES string of the molecule is COC1CCN(c2ccc3cc(-c4nn5cc(C(=O)NCCCC(N)=C(C)C)cc(Cl)c5c4C)n(CC4CC4)c3n2)CC1. The zero-order valence-electron chi connectivity index (χ0n) is 25.6. The smallest absolute Gasteiger partial charge is 0.252 e. The van der Waals surface area contributed by atoms with Crippen LogP contribution in [0.15, 0.2) is 41.7 Å². The number of nitrogens with one attached hydrogen (secondary N) is 1. The van der Waals surface area contributed by atoms with Crippen molar-refractivity contribution in [3.8, 4) is 11.4 Å². The topological polar surface area (TPSA) is 103 Å². The van der Waals surface area contributed by atoms with Crippen LogP contribution in [-0.2, 0) is 11.3 Å². The van der Waals surface area contributed by atoms with Gasteiger partial charge in [-0.15, -0.1) is 0 Å². The number of rotatable bonds is 10. The van der Waals surface area contributed by atoms with Crippen molar-refractivity contribution in [2.75, 3.05) is 31.6 Å². The van der Waals surface area contributed by atoms with Crippen LogP contribution in [0.1, 0.15) is 68.3 Å². The summed E-state index contributed by atoms with van der Waals surface area (Å²) in [5, 5.41) is 9.59. The minimum atomic E-state index is -0.177. The first-order valence-corrected chi connectivity index (χ1v) is 15.8. The highest BCUT2D eigenvalue weighted by atomic mass is 35.5. The number of methoxy groups -OCH3 is 1. The number of halogens is 1. The van der Waals surface area contributed by atoms with Gasteiger partial charge in [0.15, 0.2) is 0 Å². The zero-order valence-corrected chi connectivity index (χ0v) is 26.4. The molecule has 1 saturated heterocycles. The molecule has 9 nitrogen and oxygen atoms in total. The van der Waals surface area contributed by atoms with E-state index in [2.05, 4.69) is 39.9 Å². The molecular weight excluding hydrogens is 562 g/mol. The highest BCUT2D eigenvalue weighted by Gasteiger charge is 2.27. The third-order valence-electron chi connectivity index (χ3n) is 8.94. The summed E-state index contributed by atoms with van der Waals surface area (Å²) in [4.78, 5) is 20.6. The molecule has 228 valence electrons. The van der Waals surface area contributed by atoms with Crippen molar-refractivity contribution in [1.82, 2.24) is 24.5 Å². The number of carbonyl (C=O) groups is 1. The van der Waals surface area contributed by atoms with E-state index < -0.39 is 0 Å². The van der Waals surface area contributed by atoms with Crippen LogP contribution in [-0.4, -0.2) is 57.9 Å². The van der Waals surface area contributed by atoms with Crippen LogP contribution in [0.25, 0.3) is 27.9 Å². The third kappa shape index (κ3) is 6.10. The van der Waals surface area contributed by atoms with Gasteiger partial charge in [-0.1, -0.05) is 17.2 Å². The van der Waals surface area contributed by atoms with Crippen LogP contribution in [0.3, 0.4) is 0 Å². The minimum Gasteiger partial charge on any atom is -0.402 e. The molecule has 1 saturated carbocycles. The second-order valence-electron chi connectivity index (χ2n) is 12.3. The number of pyridine rings is 2. The molecule has 3 N–H and O–H groups in total. The summed E-state index contributed by atoms with van der Waals surface area (Å²) in [6.07, 6.45) is 8.11. The molecule has 4 aromatic rings. The van der Waals surface area contributed by atoms with Gasteiger partial charge in [-0.05, 0) is 89.5 Å². The lowest BCUT2D eigenvalue weighted by Gasteiger charge is -2.32. The third-order valence-corrected chi connectivity index (χ3v) is 9.23. The Kier molecular flexibility index (Phi) is 8.38. The Morgan fingerprint density at radius 1 is 1.16 bits per heavy atom. The van der Waals surface area contributed by atoms with Crippen molar-refractivity contribution in [3.63, 3.8) is 0 Å². The first-order chi connectivity index (χ1) is 20.7. The van der Waals surface area contributed by atoms with Crippen LogP contribution in [0.2, 0.25) is 5.02 Å². The average molecular weight is 604 g/mol. The number of ether oxygens (including phenoxy) is 1. The van der Waals surface area contributed by atoms with Crippen LogP contribution in [0.5, 0.6) is 0 Å². The maximum absolute atomic E-state index is 13.0. The molecule has 6 rings (SSSR count). The molecule has 2 aliphatic rings.